The first-order valence-electron chi connectivity index (χ1n) is 9.84. The summed E-state index contributed by atoms with van der Waals surface area (Å²) in [7, 11) is 0.573. The number of ether oxygens (including phenoxy) is 3. The zero-order valence-electron chi connectivity index (χ0n) is 18.1. The van der Waals surface area contributed by atoms with Gasteiger partial charge in [0.2, 0.25) is 10.0 Å². The lowest BCUT2D eigenvalue weighted by Gasteiger charge is -2.20. The summed E-state index contributed by atoms with van der Waals surface area (Å²) in [4.78, 5) is 11.7. The lowest BCUT2D eigenvalue weighted by molar-refractivity contribution is 0.0600. The highest BCUT2D eigenvalue weighted by atomic mass is 32.2. The molecule has 0 aliphatic heterocycles. The zero-order valence-corrected chi connectivity index (χ0v) is 18.9. The summed E-state index contributed by atoms with van der Waals surface area (Å²) in [6, 6.07) is 19.8. The van der Waals surface area contributed by atoms with Crippen molar-refractivity contribution in [3.05, 3.63) is 89.5 Å². The Balaban J connectivity index is 1.89. The summed E-state index contributed by atoms with van der Waals surface area (Å²) in [5.74, 6) is 0.872. The van der Waals surface area contributed by atoms with Crippen LogP contribution < -0.4 is 14.2 Å². The smallest absolute Gasteiger partial charge is 0.337 e. The van der Waals surface area contributed by atoms with Gasteiger partial charge in [0.25, 0.3) is 0 Å². The average molecular weight is 456 g/mol. The van der Waals surface area contributed by atoms with E-state index in [1.807, 2.05) is 36.4 Å². The van der Waals surface area contributed by atoms with Gasteiger partial charge in [-0.25, -0.2) is 17.9 Å². The van der Waals surface area contributed by atoms with Crippen molar-refractivity contribution in [2.45, 2.75) is 17.4 Å². The molecule has 0 aliphatic carbocycles. The van der Waals surface area contributed by atoms with Gasteiger partial charge < -0.3 is 14.2 Å². The number of carbonyl (C=O) groups is 1. The molecule has 1 N–H and O–H groups in total. The molecule has 0 amide bonds. The molecule has 0 radical (unpaired) electrons. The molecule has 3 aromatic carbocycles. The first-order valence-corrected chi connectivity index (χ1v) is 11.3. The molecule has 0 bridgehead atoms. The Morgan fingerprint density at radius 3 is 1.84 bits per heavy atom. The maximum atomic E-state index is 13.1. The Kier molecular flexibility index (Phi) is 7.50. The van der Waals surface area contributed by atoms with Gasteiger partial charge in [-0.1, -0.05) is 24.3 Å². The van der Waals surface area contributed by atoms with E-state index in [1.54, 1.807) is 26.4 Å². The largest absolute Gasteiger partial charge is 0.497 e. The van der Waals surface area contributed by atoms with Crippen molar-refractivity contribution in [3.63, 3.8) is 0 Å². The van der Waals surface area contributed by atoms with Crippen molar-refractivity contribution in [2.24, 2.45) is 0 Å². The van der Waals surface area contributed by atoms with Crippen molar-refractivity contribution in [1.82, 2.24) is 4.72 Å². The van der Waals surface area contributed by atoms with Crippen LogP contribution in [-0.2, 0) is 21.2 Å². The van der Waals surface area contributed by atoms with E-state index in [0.717, 1.165) is 16.9 Å². The molecule has 3 rings (SSSR count). The fourth-order valence-corrected chi connectivity index (χ4v) is 4.43. The first-order chi connectivity index (χ1) is 15.4. The number of carbonyl (C=O) groups excluding carboxylic acids is 1. The molecular formula is C24H25NO6S. The second-order valence-electron chi connectivity index (χ2n) is 7.02. The predicted octanol–water partition coefficient (Wildman–Crippen LogP) is 3.75. The molecule has 1 atom stereocenters. The van der Waals surface area contributed by atoms with Crippen LogP contribution >= 0.6 is 0 Å². The number of sulfonamides is 1. The third-order valence-electron chi connectivity index (χ3n) is 5.00. The Bertz CT molecular complexity index is 1140. The SMILES string of the molecule is COC(=O)c1ccc(S(=O)(=O)NC(Cc2ccc(OC)cc2)c2ccc(OC)cc2)cc1. The molecule has 32 heavy (non-hydrogen) atoms. The lowest BCUT2D eigenvalue weighted by atomic mass is 9.99. The Morgan fingerprint density at radius 1 is 0.812 bits per heavy atom. The first kappa shape index (κ1) is 23.3. The van der Waals surface area contributed by atoms with E-state index in [2.05, 4.69) is 9.46 Å². The van der Waals surface area contributed by atoms with Gasteiger partial charge in [0.05, 0.1) is 37.8 Å². The van der Waals surface area contributed by atoms with Crippen LogP contribution in [0, 0.1) is 0 Å². The minimum atomic E-state index is -3.86. The fourth-order valence-electron chi connectivity index (χ4n) is 3.20. The highest BCUT2D eigenvalue weighted by Crippen LogP contribution is 2.25. The van der Waals surface area contributed by atoms with Crippen LogP contribution in [0.4, 0.5) is 0 Å². The molecule has 8 heteroatoms. The van der Waals surface area contributed by atoms with Crippen molar-refractivity contribution in [2.75, 3.05) is 21.3 Å². The van der Waals surface area contributed by atoms with Crippen molar-refractivity contribution in [3.8, 4) is 11.5 Å². The summed E-state index contributed by atoms with van der Waals surface area (Å²) in [6.07, 6.45) is 0.426. The summed E-state index contributed by atoms with van der Waals surface area (Å²) >= 11 is 0. The second-order valence-corrected chi connectivity index (χ2v) is 8.73. The van der Waals surface area contributed by atoms with Gasteiger partial charge >= 0.3 is 5.97 Å². The average Bonchev–Trinajstić information content (AvgIpc) is 2.83. The van der Waals surface area contributed by atoms with Crippen LogP contribution in [-0.4, -0.2) is 35.7 Å². The minimum Gasteiger partial charge on any atom is -0.497 e. The number of rotatable bonds is 9. The van der Waals surface area contributed by atoms with E-state index in [0.29, 0.717) is 12.2 Å². The van der Waals surface area contributed by atoms with Crippen LogP contribution in [0.5, 0.6) is 11.5 Å². The summed E-state index contributed by atoms with van der Waals surface area (Å²) in [6.45, 7) is 0. The van der Waals surface area contributed by atoms with E-state index in [1.165, 1.54) is 31.4 Å². The number of hydrogen-bond acceptors (Lipinski definition) is 6. The molecule has 0 aliphatic rings. The monoisotopic (exact) mass is 455 g/mol. The number of benzene rings is 3. The molecule has 3 aromatic rings. The minimum absolute atomic E-state index is 0.0541. The third-order valence-corrected chi connectivity index (χ3v) is 6.49. The van der Waals surface area contributed by atoms with Gasteiger partial charge in [-0.05, 0) is 66.1 Å². The summed E-state index contributed by atoms with van der Waals surface area (Å²) in [5, 5.41) is 0. The van der Waals surface area contributed by atoms with E-state index in [9.17, 15) is 13.2 Å². The number of esters is 1. The van der Waals surface area contributed by atoms with Crippen LogP contribution in [0.25, 0.3) is 0 Å². The molecule has 0 fully saturated rings. The molecule has 0 saturated heterocycles. The Labute approximate surface area is 188 Å². The highest BCUT2D eigenvalue weighted by molar-refractivity contribution is 7.89. The van der Waals surface area contributed by atoms with Gasteiger partial charge in [-0.2, -0.15) is 0 Å². The van der Waals surface area contributed by atoms with Crippen LogP contribution in [0.15, 0.2) is 77.7 Å². The molecule has 0 spiro atoms. The quantitative estimate of drug-likeness (QED) is 0.494. The number of methoxy groups -OCH3 is 3. The van der Waals surface area contributed by atoms with Crippen LogP contribution in [0.1, 0.15) is 27.5 Å². The van der Waals surface area contributed by atoms with Gasteiger partial charge in [-0.3, -0.25) is 0 Å². The molecular weight excluding hydrogens is 430 g/mol. The molecule has 0 aromatic heterocycles. The normalized spacial score (nSPS) is 12.1. The zero-order chi connectivity index (χ0) is 23.1. The molecule has 1 unspecified atom stereocenters. The number of hydrogen-bond donors (Lipinski definition) is 1. The summed E-state index contributed by atoms with van der Waals surface area (Å²) < 4.78 is 44.1. The summed E-state index contributed by atoms with van der Waals surface area (Å²) in [5.41, 5.74) is 2.00. The molecule has 0 saturated carbocycles. The van der Waals surface area contributed by atoms with Crippen LogP contribution in [0.3, 0.4) is 0 Å². The fraction of sp³-hybridized carbons (Fsp3) is 0.208. The maximum absolute atomic E-state index is 13.1. The molecule has 168 valence electrons. The standard InChI is InChI=1S/C24H25NO6S/c1-29-20-10-4-17(5-11-20)16-23(18-6-12-21(30-2)13-7-18)25-32(27,28)22-14-8-19(9-15-22)24(26)31-3/h4-15,23,25H,16H2,1-3H3. The van der Waals surface area contributed by atoms with E-state index >= 15 is 0 Å². The Morgan fingerprint density at radius 2 is 1.34 bits per heavy atom. The second kappa shape index (κ2) is 10.3. The van der Waals surface area contributed by atoms with Crippen molar-refractivity contribution >= 4 is 16.0 Å². The van der Waals surface area contributed by atoms with E-state index < -0.39 is 22.0 Å². The van der Waals surface area contributed by atoms with Crippen LogP contribution in [0.2, 0.25) is 0 Å². The van der Waals surface area contributed by atoms with E-state index in [4.69, 9.17) is 9.47 Å². The van der Waals surface area contributed by atoms with E-state index in [-0.39, 0.29) is 10.5 Å². The lowest BCUT2D eigenvalue weighted by Crippen LogP contribution is -2.30. The number of nitrogens with one attached hydrogen (secondary N) is 1. The van der Waals surface area contributed by atoms with Crippen molar-refractivity contribution < 1.29 is 27.4 Å². The molecule has 7 nitrogen and oxygen atoms in total. The predicted molar refractivity (Wildman–Crippen MR) is 121 cm³/mol. The highest BCUT2D eigenvalue weighted by Gasteiger charge is 2.22. The van der Waals surface area contributed by atoms with Gasteiger partial charge in [-0.15, -0.1) is 0 Å². The Hall–Kier alpha value is -3.36. The van der Waals surface area contributed by atoms with Gasteiger partial charge in [0, 0.05) is 0 Å². The third kappa shape index (κ3) is 5.66. The maximum Gasteiger partial charge on any atom is 0.337 e. The van der Waals surface area contributed by atoms with Gasteiger partial charge in [0.15, 0.2) is 0 Å². The topological polar surface area (TPSA) is 90.9 Å². The molecule has 0 heterocycles. The van der Waals surface area contributed by atoms with Crippen molar-refractivity contribution in [1.29, 1.82) is 0 Å². The van der Waals surface area contributed by atoms with Gasteiger partial charge in [0.1, 0.15) is 11.5 Å².